The van der Waals surface area contributed by atoms with Gasteiger partial charge in [-0.25, -0.2) is 18.6 Å². The number of ether oxygens (including phenoxy) is 1. The van der Waals surface area contributed by atoms with E-state index in [1.807, 2.05) is 0 Å². The first-order valence-electron chi connectivity index (χ1n) is 9.79. The fourth-order valence-corrected chi connectivity index (χ4v) is 4.54. The number of aromatic carboxylic acids is 1. The first kappa shape index (κ1) is 24.7. The molecule has 2 N–H and O–H groups in total. The second-order valence-electron chi connectivity index (χ2n) is 6.86. The van der Waals surface area contributed by atoms with Crippen LogP contribution >= 0.6 is 11.6 Å². The second kappa shape index (κ2) is 10.8. The number of rotatable bonds is 9. The molecule has 34 heavy (non-hydrogen) atoms. The molecule has 3 rings (SSSR count). The number of nitrogens with zero attached hydrogens (tertiary/aromatic N) is 2. The number of benzene rings is 3. The predicted molar refractivity (Wildman–Crippen MR) is 128 cm³/mol. The fourth-order valence-electron chi connectivity index (χ4n) is 2.93. The lowest BCUT2D eigenvalue weighted by atomic mass is 10.1. The van der Waals surface area contributed by atoms with E-state index in [1.165, 1.54) is 67.9 Å². The van der Waals surface area contributed by atoms with Crippen LogP contribution in [0.1, 0.15) is 15.9 Å². The smallest absolute Gasteiger partial charge is 0.335 e. The molecule has 0 aliphatic heterocycles. The summed E-state index contributed by atoms with van der Waals surface area (Å²) in [5, 5.41) is 13.0. The van der Waals surface area contributed by atoms with Crippen molar-refractivity contribution >= 4 is 45.4 Å². The highest BCUT2D eigenvalue weighted by Gasteiger charge is 2.29. The summed E-state index contributed by atoms with van der Waals surface area (Å²) in [6, 6.07) is 17.9. The SMILES string of the molecule is COc1ccc(Cl)cc1N(CC(=O)N/N=C\c1ccc(C(=O)O)cc1)S(=O)(=O)c1ccccc1. The summed E-state index contributed by atoms with van der Waals surface area (Å²) in [5.74, 6) is -1.58. The third-order valence-electron chi connectivity index (χ3n) is 4.59. The van der Waals surface area contributed by atoms with Crippen molar-refractivity contribution in [2.24, 2.45) is 5.10 Å². The molecule has 0 saturated carbocycles. The van der Waals surface area contributed by atoms with E-state index in [2.05, 4.69) is 10.5 Å². The maximum absolute atomic E-state index is 13.4. The van der Waals surface area contributed by atoms with Crippen LogP contribution in [0.15, 0.2) is 82.8 Å². The first-order chi connectivity index (χ1) is 16.2. The molecule has 0 fully saturated rings. The summed E-state index contributed by atoms with van der Waals surface area (Å²) in [5.41, 5.74) is 3.01. The Morgan fingerprint density at radius 2 is 1.76 bits per heavy atom. The van der Waals surface area contributed by atoms with Gasteiger partial charge in [-0.3, -0.25) is 9.10 Å². The monoisotopic (exact) mass is 501 g/mol. The molecule has 1 amide bonds. The van der Waals surface area contributed by atoms with Crippen molar-refractivity contribution in [3.63, 3.8) is 0 Å². The largest absolute Gasteiger partial charge is 0.495 e. The minimum absolute atomic E-state index is 0.0214. The molecule has 0 unspecified atom stereocenters. The zero-order valence-electron chi connectivity index (χ0n) is 17.9. The van der Waals surface area contributed by atoms with Crippen LogP contribution in [0.25, 0.3) is 0 Å². The Kier molecular flexibility index (Phi) is 7.87. The Labute approximate surface area is 201 Å². The Morgan fingerprint density at radius 1 is 1.09 bits per heavy atom. The lowest BCUT2D eigenvalue weighted by molar-refractivity contribution is -0.119. The lowest BCUT2D eigenvalue weighted by Crippen LogP contribution is -2.39. The molecule has 0 spiro atoms. The summed E-state index contributed by atoms with van der Waals surface area (Å²) in [6.45, 7) is -0.608. The van der Waals surface area contributed by atoms with Gasteiger partial charge >= 0.3 is 5.97 Å². The summed E-state index contributed by atoms with van der Waals surface area (Å²) in [4.78, 5) is 23.5. The van der Waals surface area contributed by atoms with Gasteiger partial charge in [0.25, 0.3) is 15.9 Å². The van der Waals surface area contributed by atoms with Crippen LogP contribution in [0, 0.1) is 0 Å². The van der Waals surface area contributed by atoms with Gasteiger partial charge in [0.05, 0.1) is 29.5 Å². The van der Waals surface area contributed by atoms with Crippen LogP contribution in [0.5, 0.6) is 5.75 Å². The molecule has 9 nitrogen and oxygen atoms in total. The van der Waals surface area contributed by atoms with Gasteiger partial charge < -0.3 is 9.84 Å². The van der Waals surface area contributed by atoms with E-state index in [4.69, 9.17) is 21.4 Å². The van der Waals surface area contributed by atoms with Gasteiger partial charge in [-0.05, 0) is 48.0 Å². The molecule has 11 heteroatoms. The number of carboxylic acid groups (broad SMARTS) is 1. The molecule has 0 aliphatic rings. The number of amides is 1. The van der Waals surface area contributed by atoms with E-state index in [-0.39, 0.29) is 26.9 Å². The third-order valence-corrected chi connectivity index (χ3v) is 6.60. The van der Waals surface area contributed by atoms with Gasteiger partial charge in [0.2, 0.25) is 0 Å². The number of carbonyl (C=O) groups excluding carboxylic acids is 1. The number of hydrazone groups is 1. The number of halogens is 1. The molecular weight excluding hydrogens is 482 g/mol. The number of carboxylic acids is 1. The van der Waals surface area contributed by atoms with E-state index in [0.717, 1.165) is 4.31 Å². The van der Waals surface area contributed by atoms with Crippen molar-refractivity contribution < 1.29 is 27.9 Å². The van der Waals surface area contributed by atoms with Gasteiger partial charge in [-0.15, -0.1) is 0 Å². The van der Waals surface area contributed by atoms with Crippen molar-refractivity contribution in [3.05, 3.63) is 88.9 Å². The van der Waals surface area contributed by atoms with Gasteiger partial charge in [-0.2, -0.15) is 5.10 Å². The molecule has 0 bridgehead atoms. The van der Waals surface area contributed by atoms with Gasteiger partial charge in [0.15, 0.2) is 0 Å². The number of sulfonamides is 1. The summed E-state index contributed by atoms with van der Waals surface area (Å²) in [6.07, 6.45) is 1.31. The summed E-state index contributed by atoms with van der Waals surface area (Å²) >= 11 is 6.09. The molecular formula is C23H20ClN3O6S. The standard InChI is InChI=1S/C23H20ClN3O6S/c1-33-21-12-11-18(24)13-20(21)27(34(31,32)19-5-3-2-4-6-19)15-22(28)26-25-14-16-7-9-17(10-8-16)23(29)30/h2-14H,15H2,1H3,(H,26,28)(H,29,30)/b25-14-. The molecule has 0 atom stereocenters. The van der Waals surface area contributed by atoms with Crippen LogP contribution in [0.4, 0.5) is 5.69 Å². The first-order valence-corrected chi connectivity index (χ1v) is 11.6. The van der Waals surface area contributed by atoms with Gasteiger partial charge in [0.1, 0.15) is 12.3 Å². The topological polar surface area (TPSA) is 125 Å². The average Bonchev–Trinajstić information content (AvgIpc) is 2.83. The zero-order chi connectivity index (χ0) is 24.7. The normalized spacial score (nSPS) is 11.2. The maximum atomic E-state index is 13.4. The number of anilines is 1. The second-order valence-corrected chi connectivity index (χ2v) is 9.16. The van der Waals surface area contributed by atoms with Gasteiger partial charge in [-0.1, -0.05) is 41.9 Å². The highest BCUT2D eigenvalue weighted by Crippen LogP contribution is 2.34. The Balaban J connectivity index is 1.86. The van der Waals surface area contributed by atoms with Crippen molar-refractivity contribution in [2.75, 3.05) is 18.0 Å². The maximum Gasteiger partial charge on any atom is 0.335 e. The molecule has 176 valence electrons. The molecule has 0 aliphatic carbocycles. The van der Waals surface area contributed by atoms with E-state index in [0.29, 0.717) is 5.56 Å². The summed E-state index contributed by atoms with van der Waals surface area (Å²) in [7, 11) is -2.79. The van der Waals surface area contributed by atoms with E-state index in [9.17, 15) is 18.0 Å². The number of nitrogens with one attached hydrogen (secondary N) is 1. The van der Waals surface area contributed by atoms with Gasteiger partial charge in [0, 0.05) is 5.02 Å². The summed E-state index contributed by atoms with van der Waals surface area (Å²) < 4.78 is 33.0. The van der Waals surface area contributed by atoms with E-state index < -0.39 is 28.4 Å². The fraction of sp³-hybridized carbons (Fsp3) is 0.0870. The highest BCUT2D eigenvalue weighted by atomic mass is 35.5. The van der Waals surface area contributed by atoms with Crippen molar-refractivity contribution in [1.82, 2.24) is 5.43 Å². The van der Waals surface area contributed by atoms with Crippen LogP contribution < -0.4 is 14.5 Å². The van der Waals surface area contributed by atoms with Crippen LogP contribution in [-0.2, 0) is 14.8 Å². The average molecular weight is 502 g/mol. The van der Waals surface area contributed by atoms with E-state index >= 15 is 0 Å². The van der Waals surface area contributed by atoms with Crippen molar-refractivity contribution in [1.29, 1.82) is 0 Å². The predicted octanol–water partition coefficient (Wildman–Crippen LogP) is 3.39. The molecule has 3 aromatic rings. The van der Waals surface area contributed by atoms with Crippen LogP contribution in [-0.4, -0.2) is 45.3 Å². The van der Waals surface area contributed by atoms with Crippen molar-refractivity contribution in [2.45, 2.75) is 4.90 Å². The number of carbonyl (C=O) groups is 2. The minimum Gasteiger partial charge on any atom is -0.495 e. The quantitative estimate of drug-likeness (QED) is 0.342. The van der Waals surface area contributed by atoms with Crippen LogP contribution in [0.2, 0.25) is 5.02 Å². The minimum atomic E-state index is -4.16. The molecule has 0 saturated heterocycles. The molecule has 0 radical (unpaired) electrons. The Bertz CT molecular complexity index is 1310. The van der Waals surface area contributed by atoms with Crippen LogP contribution in [0.3, 0.4) is 0 Å². The van der Waals surface area contributed by atoms with E-state index in [1.54, 1.807) is 18.2 Å². The third kappa shape index (κ3) is 5.91. The number of hydrogen-bond donors (Lipinski definition) is 2. The zero-order valence-corrected chi connectivity index (χ0v) is 19.5. The number of hydrogen-bond acceptors (Lipinski definition) is 6. The Hall–Kier alpha value is -3.89. The number of methoxy groups -OCH3 is 1. The Morgan fingerprint density at radius 3 is 2.38 bits per heavy atom. The highest BCUT2D eigenvalue weighted by molar-refractivity contribution is 7.92. The lowest BCUT2D eigenvalue weighted by Gasteiger charge is -2.25. The molecule has 0 aromatic heterocycles. The molecule has 0 heterocycles. The van der Waals surface area contributed by atoms with Crippen molar-refractivity contribution in [3.8, 4) is 5.75 Å². The molecule has 3 aromatic carbocycles.